The monoisotopic (exact) mass is 302 g/mol. The van der Waals surface area contributed by atoms with Crippen molar-refractivity contribution in [1.82, 2.24) is 9.97 Å². The molecule has 0 aliphatic heterocycles. The third-order valence-electron chi connectivity index (χ3n) is 2.63. The van der Waals surface area contributed by atoms with Gasteiger partial charge in [0.25, 0.3) is 5.91 Å². The van der Waals surface area contributed by atoms with Gasteiger partial charge in [0.1, 0.15) is 5.75 Å². The molecule has 8 heteroatoms. The molecule has 1 aromatic carbocycles. The first-order valence-electron chi connectivity index (χ1n) is 6.27. The first-order valence-corrected chi connectivity index (χ1v) is 6.27. The number of hydrogen-bond acceptors (Lipinski definition) is 7. The molecule has 114 valence electrons. The number of carbonyl (C=O) groups is 2. The zero-order valence-corrected chi connectivity index (χ0v) is 11.8. The van der Waals surface area contributed by atoms with Gasteiger partial charge >= 0.3 is 5.97 Å². The highest BCUT2D eigenvalue weighted by atomic mass is 16.5. The van der Waals surface area contributed by atoms with Crippen molar-refractivity contribution in [1.29, 1.82) is 0 Å². The number of nitrogen functional groups attached to an aromatic ring is 1. The van der Waals surface area contributed by atoms with Gasteiger partial charge in [-0.1, -0.05) is 0 Å². The summed E-state index contributed by atoms with van der Waals surface area (Å²) in [6.07, 6.45) is 2.66. The number of carbonyl (C=O) groups excluding carboxylic acids is 2. The Labute approximate surface area is 126 Å². The fraction of sp³-hybridized carbons (Fsp3) is 0.143. The molecule has 0 unspecified atom stereocenters. The van der Waals surface area contributed by atoms with Crippen LogP contribution in [0.4, 0.5) is 11.5 Å². The molecule has 2 rings (SSSR count). The molecular formula is C14H14N4O4. The zero-order valence-electron chi connectivity index (χ0n) is 11.8. The lowest BCUT2D eigenvalue weighted by Gasteiger charge is -2.07. The molecule has 8 nitrogen and oxygen atoms in total. The first kappa shape index (κ1) is 15.2. The van der Waals surface area contributed by atoms with Crippen molar-refractivity contribution in [3.8, 4) is 5.75 Å². The highest BCUT2D eigenvalue weighted by molar-refractivity contribution is 5.96. The maximum Gasteiger partial charge on any atom is 0.361 e. The van der Waals surface area contributed by atoms with E-state index in [4.69, 9.17) is 15.2 Å². The number of benzene rings is 1. The van der Waals surface area contributed by atoms with E-state index in [1.807, 2.05) is 0 Å². The minimum Gasteiger partial charge on any atom is -0.497 e. The van der Waals surface area contributed by atoms with E-state index in [9.17, 15) is 9.59 Å². The van der Waals surface area contributed by atoms with Crippen LogP contribution in [0.2, 0.25) is 0 Å². The molecule has 0 spiro atoms. The largest absolute Gasteiger partial charge is 0.497 e. The number of methoxy groups -OCH3 is 1. The molecule has 0 bridgehead atoms. The lowest BCUT2D eigenvalue weighted by Crippen LogP contribution is -2.22. The Hall–Kier alpha value is -3.16. The van der Waals surface area contributed by atoms with Crippen LogP contribution in [-0.4, -0.2) is 35.6 Å². The molecule has 0 atom stereocenters. The van der Waals surface area contributed by atoms with Crippen LogP contribution < -0.4 is 15.8 Å². The molecule has 0 aliphatic rings. The standard InChI is InChI=1S/C14H14N4O4/c1-21-10-4-2-9(3-5-10)18-11(19)8-22-14(20)12-13(15)17-7-6-16-12/h2-7H,8H2,1H3,(H2,15,17)(H,18,19). The molecule has 0 aliphatic carbocycles. The Morgan fingerprint density at radius 3 is 2.50 bits per heavy atom. The van der Waals surface area contributed by atoms with E-state index in [-0.39, 0.29) is 11.5 Å². The SMILES string of the molecule is COc1ccc(NC(=O)COC(=O)c2nccnc2N)cc1. The molecule has 1 amide bonds. The highest BCUT2D eigenvalue weighted by Crippen LogP contribution is 2.14. The minimum atomic E-state index is -0.810. The minimum absolute atomic E-state index is 0.0527. The molecule has 2 aromatic rings. The van der Waals surface area contributed by atoms with Crippen LogP contribution in [0.25, 0.3) is 0 Å². The van der Waals surface area contributed by atoms with Crippen LogP contribution in [0.1, 0.15) is 10.5 Å². The van der Waals surface area contributed by atoms with Gasteiger partial charge in [0.15, 0.2) is 18.1 Å². The summed E-state index contributed by atoms with van der Waals surface area (Å²) in [6, 6.07) is 6.72. The number of hydrogen-bond donors (Lipinski definition) is 2. The second kappa shape index (κ2) is 7.02. The van der Waals surface area contributed by atoms with Crippen molar-refractivity contribution in [2.45, 2.75) is 0 Å². The molecule has 1 heterocycles. The van der Waals surface area contributed by atoms with Crippen molar-refractivity contribution in [3.05, 3.63) is 42.4 Å². The lowest BCUT2D eigenvalue weighted by molar-refractivity contribution is -0.119. The van der Waals surface area contributed by atoms with Gasteiger partial charge in [-0.25, -0.2) is 14.8 Å². The third-order valence-corrected chi connectivity index (χ3v) is 2.63. The van der Waals surface area contributed by atoms with E-state index in [2.05, 4.69) is 15.3 Å². The summed E-state index contributed by atoms with van der Waals surface area (Å²) in [4.78, 5) is 30.9. The van der Waals surface area contributed by atoms with Gasteiger partial charge in [0.2, 0.25) is 0 Å². The quantitative estimate of drug-likeness (QED) is 0.787. The second-order valence-corrected chi connectivity index (χ2v) is 4.14. The Kier molecular flexibility index (Phi) is 4.86. The van der Waals surface area contributed by atoms with E-state index in [0.717, 1.165) is 0 Å². The van der Waals surface area contributed by atoms with Gasteiger partial charge in [-0.2, -0.15) is 0 Å². The summed E-state index contributed by atoms with van der Waals surface area (Å²) < 4.78 is 9.84. The van der Waals surface area contributed by atoms with Crippen LogP contribution >= 0.6 is 0 Å². The molecule has 0 fully saturated rings. The summed E-state index contributed by atoms with van der Waals surface area (Å²) in [7, 11) is 1.55. The van der Waals surface area contributed by atoms with Gasteiger partial charge in [-0.05, 0) is 24.3 Å². The number of nitrogens with zero attached hydrogens (tertiary/aromatic N) is 2. The summed E-state index contributed by atoms with van der Waals surface area (Å²) in [5.41, 5.74) is 5.92. The van der Waals surface area contributed by atoms with Crippen molar-refractivity contribution in [2.75, 3.05) is 24.8 Å². The number of esters is 1. The van der Waals surface area contributed by atoms with E-state index in [1.54, 1.807) is 31.4 Å². The molecule has 0 saturated carbocycles. The molecule has 0 radical (unpaired) electrons. The average molecular weight is 302 g/mol. The summed E-state index contributed by atoms with van der Waals surface area (Å²) in [5, 5.41) is 2.58. The number of anilines is 2. The van der Waals surface area contributed by atoms with Gasteiger partial charge < -0.3 is 20.5 Å². The van der Waals surface area contributed by atoms with Crippen LogP contribution in [0.3, 0.4) is 0 Å². The van der Waals surface area contributed by atoms with Crippen molar-refractivity contribution >= 4 is 23.4 Å². The van der Waals surface area contributed by atoms with E-state index < -0.39 is 18.5 Å². The smallest absolute Gasteiger partial charge is 0.361 e. The molecule has 3 N–H and O–H groups in total. The fourth-order valence-corrected chi connectivity index (χ4v) is 1.58. The Morgan fingerprint density at radius 1 is 1.18 bits per heavy atom. The van der Waals surface area contributed by atoms with Gasteiger partial charge in [-0.3, -0.25) is 4.79 Å². The average Bonchev–Trinajstić information content (AvgIpc) is 2.54. The highest BCUT2D eigenvalue weighted by Gasteiger charge is 2.15. The number of aromatic nitrogens is 2. The maximum absolute atomic E-state index is 11.7. The third kappa shape index (κ3) is 3.92. The van der Waals surface area contributed by atoms with Crippen LogP contribution in [0, 0.1) is 0 Å². The zero-order chi connectivity index (χ0) is 15.9. The fourth-order valence-electron chi connectivity index (χ4n) is 1.58. The van der Waals surface area contributed by atoms with Crippen LogP contribution in [0.15, 0.2) is 36.7 Å². The number of ether oxygens (including phenoxy) is 2. The van der Waals surface area contributed by atoms with Crippen molar-refractivity contribution in [2.24, 2.45) is 0 Å². The summed E-state index contributed by atoms with van der Waals surface area (Å²) in [6.45, 7) is -0.457. The number of nitrogens with two attached hydrogens (primary N) is 1. The normalized spacial score (nSPS) is 9.86. The first-order chi connectivity index (χ1) is 10.6. The second-order valence-electron chi connectivity index (χ2n) is 4.14. The molecule has 22 heavy (non-hydrogen) atoms. The van der Waals surface area contributed by atoms with Crippen molar-refractivity contribution < 1.29 is 19.1 Å². The number of rotatable bonds is 5. The predicted octanol–water partition coefficient (Wildman–Crippen LogP) is 0.863. The Morgan fingerprint density at radius 2 is 1.86 bits per heavy atom. The van der Waals surface area contributed by atoms with Crippen molar-refractivity contribution in [3.63, 3.8) is 0 Å². The molecule has 0 saturated heterocycles. The van der Waals surface area contributed by atoms with E-state index in [1.165, 1.54) is 12.4 Å². The maximum atomic E-state index is 11.7. The number of amides is 1. The summed E-state index contributed by atoms with van der Waals surface area (Å²) in [5.74, 6) is -0.679. The number of nitrogens with one attached hydrogen (secondary N) is 1. The van der Waals surface area contributed by atoms with Gasteiger partial charge in [0, 0.05) is 18.1 Å². The van der Waals surface area contributed by atoms with E-state index >= 15 is 0 Å². The van der Waals surface area contributed by atoms with Gasteiger partial charge in [0.05, 0.1) is 7.11 Å². The van der Waals surface area contributed by atoms with Crippen LogP contribution in [0.5, 0.6) is 5.75 Å². The van der Waals surface area contributed by atoms with E-state index in [0.29, 0.717) is 11.4 Å². The lowest BCUT2D eigenvalue weighted by atomic mass is 10.3. The van der Waals surface area contributed by atoms with Gasteiger partial charge in [-0.15, -0.1) is 0 Å². The Bertz CT molecular complexity index is 673. The molecule has 1 aromatic heterocycles. The topological polar surface area (TPSA) is 116 Å². The summed E-state index contributed by atoms with van der Waals surface area (Å²) >= 11 is 0. The predicted molar refractivity (Wildman–Crippen MR) is 78.4 cm³/mol. The molecular weight excluding hydrogens is 288 g/mol. The Balaban J connectivity index is 1.87. The van der Waals surface area contributed by atoms with Crippen LogP contribution in [-0.2, 0) is 9.53 Å².